The van der Waals surface area contributed by atoms with Crippen LogP contribution in [0.1, 0.15) is 0 Å². The highest BCUT2D eigenvalue weighted by molar-refractivity contribution is 8.23. The molecule has 58 valence electrons. The number of halogens is 3. The third kappa shape index (κ3) is 8.06. The molecule has 2 N–H and O–H groups in total. The van der Waals surface area contributed by atoms with Gasteiger partial charge in [0, 0.05) is 6.26 Å². The first-order valence-electron chi connectivity index (χ1n) is 1.98. The average Bonchev–Trinajstić information content (AvgIpc) is 1.14. The van der Waals surface area contributed by atoms with E-state index >= 15 is 0 Å². The fraction of sp³-hybridized carbons (Fsp3) is 1.00. The fourth-order valence-corrected chi connectivity index (χ4v) is 0.930. The summed E-state index contributed by atoms with van der Waals surface area (Å²) in [5, 5.41) is 0. The van der Waals surface area contributed by atoms with Crippen molar-refractivity contribution < 1.29 is 22.3 Å². The largest absolute Gasteiger partial charge is 0.405 e. The fourth-order valence-electron chi connectivity index (χ4n) is 0.310. The van der Waals surface area contributed by atoms with Gasteiger partial charge in [0.15, 0.2) is 0 Å². The van der Waals surface area contributed by atoms with E-state index in [1.54, 1.807) is 0 Å². The predicted octanol–water partition coefficient (Wildman–Crippen LogP) is 1.93. The summed E-state index contributed by atoms with van der Waals surface area (Å²) in [6, 6.07) is 0. The van der Waals surface area contributed by atoms with Gasteiger partial charge >= 0.3 is 6.18 Å². The summed E-state index contributed by atoms with van der Waals surface area (Å²) in [6.07, 6.45) is -3.71. The summed E-state index contributed by atoms with van der Waals surface area (Å²) in [5.74, 6) is -1.51. The lowest BCUT2D eigenvalue weighted by atomic mass is 10.8. The molecule has 0 aromatic heterocycles. The highest BCUT2D eigenvalue weighted by atomic mass is 32.3. The van der Waals surface area contributed by atoms with Crippen LogP contribution in [0.4, 0.5) is 13.2 Å². The second kappa shape index (κ2) is 2.36. The van der Waals surface area contributed by atoms with Crippen LogP contribution in [-0.2, 0) is 0 Å². The Morgan fingerprint density at radius 1 is 1.33 bits per heavy atom. The molecule has 0 heterocycles. The van der Waals surface area contributed by atoms with Gasteiger partial charge in [-0.1, -0.05) is 0 Å². The van der Waals surface area contributed by atoms with E-state index in [9.17, 15) is 13.2 Å². The van der Waals surface area contributed by atoms with Crippen LogP contribution in [0.25, 0.3) is 0 Å². The van der Waals surface area contributed by atoms with Gasteiger partial charge in [-0.2, -0.15) is 23.8 Å². The highest BCUT2D eigenvalue weighted by Gasteiger charge is 2.32. The van der Waals surface area contributed by atoms with Crippen LogP contribution < -0.4 is 0 Å². The molecule has 6 heteroatoms. The topological polar surface area (TPSA) is 40.5 Å². The van der Waals surface area contributed by atoms with E-state index in [0.29, 0.717) is 0 Å². The first-order chi connectivity index (χ1) is 3.71. The highest BCUT2D eigenvalue weighted by Crippen LogP contribution is 2.39. The quantitative estimate of drug-likeness (QED) is 0.621. The summed E-state index contributed by atoms with van der Waals surface area (Å²) in [6.45, 7) is 0. The molecule has 0 unspecified atom stereocenters. The van der Waals surface area contributed by atoms with E-state index in [2.05, 4.69) is 0 Å². The Labute approximate surface area is 52.0 Å². The molecule has 0 aliphatic heterocycles. The molecule has 9 heavy (non-hydrogen) atoms. The molecule has 0 radical (unpaired) electrons. The standard InChI is InChI=1S/C3H7F3O2S/c1-9(7,8)2-3(4,5)6/h7-8H,2H2,1H3. The summed E-state index contributed by atoms with van der Waals surface area (Å²) in [5.41, 5.74) is 0. The van der Waals surface area contributed by atoms with Crippen molar-refractivity contribution in [3.05, 3.63) is 0 Å². The zero-order chi connectivity index (χ0) is 7.71. The van der Waals surface area contributed by atoms with Crippen molar-refractivity contribution in [2.24, 2.45) is 0 Å². The number of hydrogen-bond donors (Lipinski definition) is 2. The van der Waals surface area contributed by atoms with Crippen molar-refractivity contribution in [1.29, 1.82) is 0 Å². The van der Waals surface area contributed by atoms with E-state index in [4.69, 9.17) is 9.11 Å². The zero-order valence-corrected chi connectivity index (χ0v) is 5.46. The van der Waals surface area contributed by atoms with Crippen LogP contribution >= 0.6 is 10.6 Å². The number of alkyl halides is 3. The summed E-state index contributed by atoms with van der Waals surface area (Å²) >= 11 is 0. The lowest BCUT2D eigenvalue weighted by molar-refractivity contribution is -0.107. The van der Waals surface area contributed by atoms with Gasteiger partial charge in [0.05, 0.1) is 0 Å². The van der Waals surface area contributed by atoms with Crippen LogP contribution in [0, 0.1) is 0 Å². The van der Waals surface area contributed by atoms with Crippen LogP contribution in [0.2, 0.25) is 0 Å². The van der Waals surface area contributed by atoms with Crippen molar-refractivity contribution in [2.75, 3.05) is 12.0 Å². The van der Waals surface area contributed by atoms with Crippen molar-refractivity contribution in [3.63, 3.8) is 0 Å². The molecule has 0 spiro atoms. The van der Waals surface area contributed by atoms with Crippen molar-refractivity contribution >= 4 is 10.6 Å². The molecule has 0 rings (SSSR count). The zero-order valence-electron chi connectivity index (χ0n) is 4.64. The van der Waals surface area contributed by atoms with Crippen LogP contribution in [0.15, 0.2) is 0 Å². The minimum Gasteiger partial charge on any atom is -0.299 e. The lowest BCUT2D eigenvalue weighted by Crippen LogP contribution is -2.19. The van der Waals surface area contributed by atoms with E-state index in [1.165, 1.54) is 0 Å². The van der Waals surface area contributed by atoms with Crippen LogP contribution in [0.3, 0.4) is 0 Å². The smallest absolute Gasteiger partial charge is 0.299 e. The van der Waals surface area contributed by atoms with Gasteiger partial charge in [-0.05, 0) is 0 Å². The summed E-state index contributed by atoms with van der Waals surface area (Å²) in [4.78, 5) is 0. The minimum absolute atomic E-state index is 0.764. The first-order valence-corrected chi connectivity index (χ1v) is 4.11. The molecule has 0 aliphatic carbocycles. The normalized spacial score (nSPS) is 15.8. The minimum atomic E-state index is -4.48. The van der Waals surface area contributed by atoms with Crippen molar-refractivity contribution in [1.82, 2.24) is 0 Å². The van der Waals surface area contributed by atoms with Gasteiger partial charge in [-0.25, -0.2) is 0 Å². The Morgan fingerprint density at radius 3 is 1.67 bits per heavy atom. The molecule has 0 saturated carbocycles. The molecule has 0 aromatic rings. The molecular weight excluding hydrogens is 157 g/mol. The molecule has 2 nitrogen and oxygen atoms in total. The molecule has 0 atom stereocenters. The molecule has 0 bridgehead atoms. The monoisotopic (exact) mass is 164 g/mol. The number of hydrogen-bond acceptors (Lipinski definition) is 2. The van der Waals surface area contributed by atoms with Crippen LogP contribution in [-0.4, -0.2) is 27.3 Å². The van der Waals surface area contributed by atoms with Gasteiger partial charge in [0.25, 0.3) is 0 Å². The van der Waals surface area contributed by atoms with Crippen molar-refractivity contribution in [2.45, 2.75) is 6.18 Å². The van der Waals surface area contributed by atoms with Gasteiger partial charge in [-0.3, -0.25) is 9.11 Å². The lowest BCUT2D eigenvalue weighted by Gasteiger charge is -2.27. The summed E-state index contributed by atoms with van der Waals surface area (Å²) < 4.78 is 50.3. The molecular formula is C3H7F3O2S. The van der Waals surface area contributed by atoms with E-state index in [-0.39, 0.29) is 0 Å². The van der Waals surface area contributed by atoms with E-state index < -0.39 is 22.5 Å². The average molecular weight is 164 g/mol. The third-order valence-corrected chi connectivity index (χ3v) is 1.31. The van der Waals surface area contributed by atoms with Gasteiger partial charge in [0.2, 0.25) is 0 Å². The third-order valence-electron chi connectivity index (χ3n) is 0.437. The van der Waals surface area contributed by atoms with Gasteiger partial charge in [0.1, 0.15) is 5.75 Å². The predicted molar refractivity (Wildman–Crippen MR) is 29.7 cm³/mol. The second-order valence-corrected chi connectivity index (χ2v) is 4.03. The van der Waals surface area contributed by atoms with Gasteiger partial charge < -0.3 is 0 Å². The SMILES string of the molecule is CS(O)(O)CC(F)(F)F. The molecule has 0 saturated heterocycles. The van der Waals surface area contributed by atoms with E-state index in [1.807, 2.05) is 0 Å². The Bertz CT molecular complexity index is 82.2. The number of rotatable bonds is 1. The van der Waals surface area contributed by atoms with Crippen LogP contribution in [0.5, 0.6) is 0 Å². The Hall–Kier alpha value is 0.0600. The van der Waals surface area contributed by atoms with Crippen molar-refractivity contribution in [3.8, 4) is 0 Å². The van der Waals surface area contributed by atoms with Gasteiger partial charge in [-0.15, -0.1) is 0 Å². The second-order valence-electron chi connectivity index (χ2n) is 1.75. The molecule has 0 aliphatic rings. The Morgan fingerprint density at radius 2 is 1.67 bits per heavy atom. The maximum atomic E-state index is 11.3. The summed E-state index contributed by atoms with van der Waals surface area (Å²) in [7, 11) is -3.41. The Balaban J connectivity index is 3.75. The first kappa shape index (κ1) is 9.06. The molecule has 0 aromatic carbocycles. The van der Waals surface area contributed by atoms with E-state index in [0.717, 1.165) is 6.26 Å². The molecule has 0 fully saturated rings. The maximum Gasteiger partial charge on any atom is 0.405 e. The maximum absolute atomic E-state index is 11.3. The molecule has 0 amide bonds. The Kier molecular flexibility index (Phi) is 2.37.